The molecule has 2 aromatic carbocycles. The molecule has 1 aliphatic rings. The number of hydrogen-bond acceptors (Lipinski definition) is 4. The SMILES string of the molecule is Cc1ccc(Oc2ccccc2CNC(=O)C2CC(O)CN2)cc1. The molecule has 24 heavy (non-hydrogen) atoms. The highest BCUT2D eigenvalue weighted by atomic mass is 16.5. The summed E-state index contributed by atoms with van der Waals surface area (Å²) in [6, 6.07) is 15.2. The first-order valence-electron chi connectivity index (χ1n) is 8.13. The molecule has 0 bridgehead atoms. The van der Waals surface area contributed by atoms with Crippen molar-refractivity contribution in [2.75, 3.05) is 6.54 Å². The van der Waals surface area contributed by atoms with Crippen LogP contribution in [-0.4, -0.2) is 29.7 Å². The van der Waals surface area contributed by atoms with Crippen LogP contribution in [0, 0.1) is 6.92 Å². The third-order valence-corrected chi connectivity index (χ3v) is 4.10. The van der Waals surface area contributed by atoms with Gasteiger partial charge in [-0.05, 0) is 31.5 Å². The van der Waals surface area contributed by atoms with Crippen molar-refractivity contribution in [1.29, 1.82) is 0 Å². The third kappa shape index (κ3) is 4.13. The van der Waals surface area contributed by atoms with Crippen molar-refractivity contribution >= 4 is 5.91 Å². The van der Waals surface area contributed by atoms with E-state index in [1.165, 1.54) is 5.56 Å². The first-order chi connectivity index (χ1) is 11.6. The molecule has 2 aromatic rings. The van der Waals surface area contributed by atoms with Gasteiger partial charge in [0.1, 0.15) is 11.5 Å². The number of amides is 1. The molecule has 0 saturated carbocycles. The molecule has 2 atom stereocenters. The van der Waals surface area contributed by atoms with Crippen LogP contribution in [0.3, 0.4) is 0 Å². The fourth-order valence-corrected chi connectivity index (χ4v) is 2.71. The van der Waals surface area contributed by atoms with E-state index >= 15 is 0 Å². The summed E-state index contributed by atoms with van der Waals surface area (Å²) >= 11 is 0. The smallest absolute Gasteiger partial charge is 0.237 e. The molecule has 1 fully saturated rings. The van der Waals surface area contributed by atoms with E-state index in [1.54, 1.807) is 0 Å². The molecule has 126 valence electrons. The Hall–Kier alpha value is -2.37. The second-order valence-corrected chi connectivity index (χ2v) is 6.09. The van der Waals surface area contributed by atoms with Gasteiger partial charge in [-0.3, -0.25) is 4.79 Å². The van der Waals surface area contributed by atoms with Crippen LogP contribution in [0.1, 0.15) is 17.5 Å². The minimum atomic E-state index is -0.446. The Bertz CT molecular complexity index is 700. The van der Waals surface area contributed by atoms with Crippen LogP contribution in [-0.2, 0) is 11.3 Å². The number of ether oxygens (including phenoxy) is 1. The summed E-state index contributed by atoms with van der Waals surface area (Å²) in [7, 11) is 0. The standard InChI is InChI=1S/C19H22N2O3/c1-13-6-8-16(9-7-13)24-18-5-3-2-4-14(18)11-21-19(23)17-10-15(22)12-20-17/h2-9,15,17,20,22H,10-12H2,1H3,(H,21,23). The van der Waals surface area contributed by atoms with Gasteiger partial charge >= 0.3 is 0 Å². The Morgan fingerprint density at radius 2 is 2.00 bits per heavy atom. The van der Waals surface area contributed by atoms with Gasteiger partial charge in [0.05, 0.1) is 12.1 Å². The Morgan fingerprint density at radius 1 is 1.25 bits per heavy atom. The van der Waals surface area contributed by atoms with Gasteiger partial charge < -0.3 is 20.5 Å². The van der Waals surface area contributed by atoms with Crippen molar-refractivity contribution in [2.45, 2.75) is 32.0 Å². The Labute approximate surface area is 141 Å². The number of nitrogens with one attached hydrogen (secondary N) is 2. The molecule has 0 radical (unpaired) electrons. The van der Waals surface area contributed by atoms with E-state index in [-0.39, 0.29) is 11.9 Å². The molecular formula is C19H22N2O3. The first kappa shape index (κ1) is 16.5. The van der Waals surface area contributed by atoms with Crippen LogP contribution in [0.5, 0.6) is 11.5 Å². The summed E-state index contributed by atoms with van der Waals surface area (Å²) in [5.41, 5.74) is 2.08. The van der Waals surface area contributed by atoms with Gasteiger partial charge in [-0.25, -0.2) is 0 Å². The van der Waals surface area contributed by atoms with Crippen molar-refractivity contribution in [1.82, 2.24) is 10.6 Å². The lowest BCUT2D eigenvalue weighted by molar-refractivity contribution is -0.123. The van der Waals surface area contributed by atoms with Crippen molar-refractivity contribution in [3.05, 3.63) is 59.7 Å². The molecule has 1 aliphatic heterocycles. The van der Waals surface area contributed by atoms with Gasteiger partial charge in [0.15, 0.2) is 0 Å². The number of aryl methyl sites for hydroxylation is 1. The number of aliphatic hydroxyl groups excluding tert-OH is 1. The number of rotatable bonds is 5. The monoisotopic (exact) mass is 326 g/mol. The third-order valence-electron chi connectivity index (χ3n) is 4.10. The average Bonchev–Trinajstić information content (AvgIpc) is 3.02. The van der Waals surface area contributed by atoms with Crippen LogP contribution in [0.4, 0.5) is 0 Å². The van der Waals surface area contributed by atoms with Crippen LogP contribution in [0.15, 0.2) is 48.5 Å². The topological polar surface area (TPSA) is 70.6 Å². The molecule has 5 heteroatoms. The largest absolute Gasteiger partial charge is 0.457 e. The summed E-state index contributed by atoms with van der Waals surface area (Å²) in [4.78, 5) is 12.1. The maximum Gasteiger partial charge on any atom is 0.237 e. The van der Waals surface area contributed by atoms with Gasteiger partial charge in [0.2, 0.25) is 5.91 Å². The number of carbonyl (C=O) groups excluding carboxylic acids is 1. The van der Waals surface area contributed by atoms with E-state index in [9.17, 15) is 9.90 Å². The molecule has 0 spiro atoms. The van der Waals surface area contributed by atoms with Crippen LogP contribution >= 0.6 is 0 Å². The average molecular weight is 326 g/mol. The molecule has 5 nitrogen and oxygen atoms in total. The maximum atomic E-state index is 12.1. The fourth-order valence-electron chi connectivity index (χ4n) is 2.71. The van der Waals surface area contributed by atoms with Crippen LogP contribution < -0.4 is 15.4 Å². The van der Waals surface area contributed by atoms with Crippen LogP contribution in [0.2, 0.25) is 0 Å². The van der Waals surface area contributed by atoms with Crippen molar-refractivity contribution in [2.24, 2.45) is 0 Å². The predicted octanol–water partition coefficient (Wildman–Crippen LogP) is 2.13. The lowest BCUT2D eigenvalue weighted by atomic mass is 10.1. The molecule has 1 saturated heterocycles. The summed E-state index contributed by atoms with van der Waals surface area (Å²) < 4.78 is 5.93. The van der Waals surface area contributed by atoms with Gasteiger partial charge in [0, 0.05) is 18.7 Å². The minimum absolute atomic E-state index is 0.100. The quantitative estimate of drug-likeness (QED) is 0.787. The van der Waals surface area contributed by atoms with E-state index in [0.717, 1.165) is 17.1 Å². The molecule has 3 rings (SSSR count). The summed E-state index contributed by atoms with van der Waals surface area (Å²) in [6.07, 6.45) is 0.00535. The zero-order valence-corrected chi connectivity index (χ0v) is 13.7. The van der Waals surface area contributed by atoms with Crippen molar-refractivity contribution in [3.63, 3.8) is 0 Å². The lowest BCUT2D eigenvalue weighted by Gasteiger charge is -2.14. The summed E-state index contributed by atoms with van der Waals surface area (Å²) in [6.45, 7) is 2.88. The zero-order valence-electron chi connectivity index (χ0n) is 13.7. The molecule has 3 N–H and O–H groups in total. The van der Waals surface area contributed by atoms with Crippen molar-refractivity contribution < 1.29 is 14.6 Å². The predicted molar refractivity (Wildman–Crippen MR) is 92.0 cm³/mol. The Balaban J connectivity index is 1.63. The summed E-state index contributed by atoms with van der Waals surface area (Å²) in [5, 5.41) is 15.4. The highest BCUT2D eigenvalue weighted by molar-refractivity contribution is 5.82. The Kier molecular flexibility index (Phi) is 5.13. The van der Waals surface area contributed by atoms with Gasteiger partial charge in [-0.1, -0.05) is 35.9 Å². The molecule has 2 unspecified atom stereocenters. The van der Waals surface area contributed by atoms with E-state index in [0.29, 0.717) is 19.5 Å². The second-order valence-electron chi connectivity index (χ2n) is 6.09. The minimum Gasteiger partial charge on any atom is -0.457 e. The lowest BCUT2D eigenvalue weighted by Crippen LogP contribution is -2.40. The molecule has 0 aromatic heterocycles. The molecule has 1 amide bonds. The van der Waals surface area contributed by atoms with E-state index in [4.69, 9.17) is 4.74 Å². The van der Waals surface area contributed by atoms with Gasteiger partial charge in [-0.2, -0.15) is 0 Å². The summed E-state index contributed by atoms with van der Waals surface area (Å²) in [5.74, 6) is 1.39. The first-order valence-corrected chi connectivity index (χ1v) is 8.13. The zero-order chi connectivity index (χ0) is 16.9. The number of hydrogen-bond donors (Lipinski definition) is 3. The molecule has 1 heterocycles. The normalized spacial score (nSPS) is 19.9. The number of aliphatic hydroxyl groups is 1. The van der Waals surface area contributed by atoms with Crippen molar-refractivity contribution in [3.8, 4) is 11.5 Å². The maximum absolute atomic E-state index is 12.1. The highest BCUT2D eigenvalue weighted by Crippen LogP contribution is 2.25. The fraction of sp³-hybridized carbons (Fsp3) is 0.316. The number of carbonyl (C=O) groups is 1. The Morgan fingerprint density at radius 3 is 2.71 bits per heavy atom. The number of benzene rings is 2. The van der Waals surface area contributed by atoms with E-state index in [2.05, 4.69) is 10.6 Å². The van der Waals surface area contributed by atoms with Crippen LogP contribution in [0.25, 0.3) is 0 Å². The molecular weight excluding hydrogens is 304 g/mol. The highest BCUT2D eigenvalue weighted by Gasteiger charge is 2.27. The number of para-hydroxylation sites is 1. The van der Waals surface area contributed by atoms with Gasteiger partial charge in [0.25, 0.3) is 0 Å². The number of β-amino-alcohol motifs (C(OH)–C–C–N with tert-alkyl or cyclic N) is 1. The van der Waals surface area contributed by atoms with Gasteiger partial charge in [-0.15, -0.1) is 0 Å². The van der Waals surface area contributed by atoms with E-state index < -0.39 is 6.10 Å². The second kappa shape index (κ2) is 7.47. The molecule has 0 aliphatic carbocycles. The van der Waals surface area contributed by atoms with E-state index in [1.807, 2.05) is 55.5 Å².